The van der Waals surface area contributed by atoms with E-state index in [1.54, 1.807) is 0 Å². The summed E-state index contributed by atoms with van der Waals surface area (Å²) in [7, 11) is 0. The number of nitrogens with one attached hydrogen (secondary N) is 1. The third-order valence-electron chi connectivity index (χ3n) is 5.32. The van der Waals surface area contributed by atoms with Crippen LogP contribution in [0.2, 0.25) is 0 Å². The summed E-state index contributed by atoms with van der Waals surface area (Å²) in [5, 5.41) is 3.33. The standard InChI is InChI=1S/C23H30N2O/c1-17-10-11-21-20(14-17)18(2)15-23(3,4)25(21)22(26)16-24-13-12-19-8-6-5-7-9-19/h5-11,14,18,24H,12-13,15-16H2,1-4H3/t18-/m1/s1. The van der Waals surface area contributed by atoms with Crippen molar-refractivity contribution in [2.75, 3.05) is 18.0 Å². The Morgan fingerprint density at radius 1 is 1.19 bits per heavy atom. The second kappa shape index (κ2) is 7.63. The summed E-state index contributed by atoms with van der Waals surface area (Å²) in [6.07, 6.45) is 1.92. The number of carbonyl (C=O) groups is 1. The van der Waals surface area contributed by atoms with E-state index in [0.29, 0.717) is 12.5 Å². The van der Waals surface area contributed by atoms with Crippen LogP contribution in [-0.4, -0.2) is 24.5 Å². The lowest BCUT2D eigenvalue weighted by Gasteiger charge is -2.46. The molecule has 26 heavy (non-hydrogen) atoms. The Morgan fingerprint density at radius 3 is 2.65 bits per heavy atom. The molecular weight excluding hydrogens is 320 g/mol. The van der Waals surface area contributed by atoms with Gasteiger partial charge in [0.25, 0.3) is 0 Å². The lowest BCUT2D eigenvalue weighted by atomic mass is 9.79. The van der Waals surface area contributed by atoms with Crippen molar-refractivity contribution in [2.45, 2.75) is 52.0 Å². The molecular formula is C23H30N2O. The normalized spacial score (nSPS) is 18.5. The van der Waals surface area contributed by atoms with E-state index in [0.717, 1.165) is 25.1 Å². The SMILES string of the molecule is Cc1ccc2c(c1)[C@H](C)CC(C)(C)N2C(=O)CNCCc1ccccc1. The van der Waals surface area contributed by atoms with E-state index in [9.17, 15) is 4.79 Å². The van der Waals surface area contributed by atoms with Crippen LogP contribution in [0.4, 0.5) is 5.69 Å². The number of fused-ring (bicyclic) bond motifs is 1. The van der Waals surface area contributed by atoms with Gasteiger partial charge in [-0.2, -0.15) is 0 Å². The van der Waals surface area contributed by atoms with Crippen LogP contribution >= 0.6 is 0 Å². The highest BCUT2D eigenvalue weighted by Crippen LogP contribution is 2.43. The number of rotatable bonds is 5. The zero-order valence-electron chi connectivity index (χ0n) is 16.4. The molecule has 0 radical (unpaired) electrons. The number of carbonyl (C=O) groups excluding carboxylic acids is 1. The van der Waals surface area contributed by atoms with E-state index in [4.69, 9.17) is 0 Å². The third kappa shape index (κ3) is 3.99. The largest absolute Gasteiger partial charge is 0.308 e. The maximum Gasteiger partial charge on any atom is 0.241 e. The lowest BCUT2D eigenvalue weighted by molar-refractivity contribution is -0.119. The van der Waals surface area contributed by atoms with Crippen molar-refractivity contribution >= 4 is 11.6 Å². The number of anilines is 1. The van der Waals surface area contributed by atoms with Gasteiger partial charge in [-0.3, -0.25) is 4.79 Å². The predicted molar refractivity (Wildman–Crippen MR) is 109 cm³/mol. The van der Waals surface area contributed by atoms with Crippen molar-refractivity contribution in [3.63, 3.8) is 0 Å². The Kier molecular flexibility index (Phi) is 5.47. The number of benzene rings is 2. The molecule has 0 bridgehead atoms. The minimum atomic E-state index is -0.167. The fourth-order valence-corrected chi connectivity index (χ4v) is 4.17. The Balaban J connectivity index is 1.68. The van der Waals surface area contributed by atoms with Gasteiger partial charge in [0.1, 0.15) is 0 Å². The first kappa shape index (κ1) is 18.7. The van der Waals surface area contributed by atoms with E-state index in [2.05, 4.69) is 75.5 Å². The highest BCUT2D eigenvalue weighted by atomic mass is 16.2. The van der Waals surface area contributed by atoms with E-state index < -0.39 is 0 Å². The Hall–Kier alpha value is -2.13. The van der Waals surface area contributed by atoms with Gasteiger partial charge in [0.15, 0.2) is 0 Å². The molecule has 0 saturated heterocycles. The molecule has 0 aliphatic carbocycles. The van der Waals surface area contributed by atoms with Gasteiger partial charge in [-0.1, -0.05) is 55.0 Å². The molecule has 0 saturated carbocycles. The summed E-state index contributed by atoms with van der Waals surface area (Å²) in [6, 6.07) is 16.8. The molecule has 1 aliphatic rings. The van der Waals surface area contributed by atoms with Gasteiger partial charge in [0.2, 0.25) is 5.91 Å². The molecule has 0 spiro atoms. The molecule has 0 fully saturated rings. The first-order chi connectivity index (χ1) is 12.4. The first-order valence-electron chi connectivity index (χ1n) is 9.57. The molecule has 3 heteroatoms. The van der Waals surface area contributed by atoms with Gasteiger partial charge in [-0.15, -0.1) is 0 Å². The van der Waals surface area contributed by atoms with Crippen LogP contribution in [0.15, 0.2) is 48.5 Å². The summed E-state index contributed by atoms with van der Waals surface area (Å²) in [4.78, 5) is 15.1. The Bertz CT molecular complexity index is 767. The molecule has 1 amide bonds. The second-order valence-electron chi connectivity index (χ2n) is 8.12. The molecule has 1 aliphatic heterocycles. The molecule has 138 valence electrons. The van der Waals surface area contributed by atoms with Crippen molar-refractivity contribution < 1.29 is 4.79 Å². The molecule has 0 aromatic heterocycles. The molecule has 3 nitrogen and oxygen atoms in total. The smallest absolute Gasteiger partial charge is 0.241 e. The van der Waals surface area contributed by atoms with Crippen LogP contribution in [0.1, 0.15) is 49.8 Å². The molecule has 3 rings (SSSR count). The van der Waals surface area contributed by atoms with Crippen molar-refractivity contribution in [3.05, 3.63) is 65.2 Å². The summed E-state index contributed by atoms with van der Waals surface area (Å²) >= 11 is 0. The fraction of sp³-hybridized carbons (Fsp3) is 0.435. The van der Waals surface area contributed by atoms with Gasteiger partial charge in [0.05, 0.1) is 6.54 Å². The van der Waals surface area contributed by atoms with Crippen LogP contribution in [0.25, 0.3) is 0 Å². The molecule has 0 unspecified atom stereocenters. The van der Waals surface area contributed by atoms with Crippen LogP contribution in [0.3, 0.4) is 0 Å². The van der Waals surface area contributed by atoms with Crippen LogP contribution < -0.4 is 10.2 Å². The summed E-state index contributed by atoms with van der Waals surface area (Å²) in [6.45, 7) is 9.91. The van der Waals surface area contributed by atoms with Gasteiger partial charge < -0.3 is 10.2 Å². The molecule has 1 N–H and O–H groups in total. The fourth-order valence-electron chi connectivity index (χ4n) is 4.17. The number of amides is 1. The van der Waals surface area contributed by atoms with Crippen LogP contribution in [0, 0.1) is 6.92 Å². The second-order valence-corrected chi connectivity index (χ2v) is 8.12. The maximum atomic E-state index is 13.0. The van der Waals surface area contributed by atoms with E-state index in [1.165, 1.54) is 16.7 Å². The monoisotopic (exact) mass is 350 g/mol. The topological polar surface area (TPSA) is 32.3 Å². The molecule has 2 aromatic carbocycles. The van der Waals surface area contributed by atoms with Crippen molar-refractivity contribution in [1.82, 2.24) is 5.32 Å². The van der Waals surface area contributed by atoms with Gasteiger partial charge >= 0.3 is 0 Å². The van der Waals surface area contributed by atoms with Crippen LogP contribution in [0.5, 0.6) is 0 Å². The van der Waals surface area contributed by atoms with E-state index in [-0.39, 0.29) is 11.4 Å². The molecule has 1 heterocycles. The average molecular weight is 351 g/mol. The molecule has 1 atom stereocenters. The highest BCUT2D eigenvalue weighted by molar-refractivity contribution is 5.97. The zero-order chi connectivity index (χ0) is 18.7. The first-order valence-corrected chi connectivity index (χ1v) is 9.57. The highest BCUT2D eigenvalue weighted by Gasteiger charge is 2.39. The maximum absolute atomic E-state index is 13.0. The van der Waals surface area contributed by atoms with Gasteiger partial charge in [0, 0.05) is 11.2 Å². The summed E-state index contributed by atoms with van der Waals surface area (Å²) < 4.78 is 0. The molecule has 2 aromatic rings. The Morgan fingerprint density at radius 2 is 1.92 bits per heavy atom. The van der Waals surface area contributed by atoms with Gasteiger partial charge in [-0.25, -0.2) is 0 Å². The zero-order valence-corrected chi connectivity index (χ0v) is 16.4. The number of nitrogens with zero attached hydrogens (tertiary/aromatic N) is 1. The number of hydrogen-bond donors (Lipinski definition) is 1. The Labute approximate surface area is 157 Å². The summed E-state index contributed by atoms with van der Waals surface area (Å²) in [5.41, 5.74) is 4.75. The summed E-state index contributed by atoms with van der Waals surface area (Å²) in [5.74, 6) is 0.620. The van der Waals surface area contributed by atoms with Crippen molar-refractivity contribution in [2.24, 2.45) is 0 Å². The minimum absolute atomic E-state index is 0.153. The lowest BCUT2D eigenvalue weighted by Crippen LogP contribution is -2.54. The third-order valence-corrected chi connectivity index (χ3v) is 5.32. The van der Waals surface area contributed by atoms with Crippen molar-refractivity contribution in [1.29, 1.82) is 0 Å². The van der Waals surface area contributed by atoms with Crippen molar-refractivity contribution in [3.8, 4) is 0 Å². The van der Waals surface area contributed by atoms with Crippen LogP contribution in [-0.2, 0) is 11.2 Å². The quantitative estimate of drug-likeness (QED) is 0.808. The van der Waals surface area contributed by atoms with E-state index in [1.807, 2.05) is 11.0 Å². The predicted octanol–water partition coefficient (Wildman–Crippen LogP) is 4.45. The average Bonchev–Trinajstić information content (AvgIpc) is 2.59. The van der Waals surface area contributed by atoms with E-state index >= 15 is 0 Å². The van der Waals surface area contributed by atoms with Gasteiger partial charge in [-0.05, 0) is 63.3 Å². The minimum Gasteiger partial charge on any atom is -0.308 e. The number of aryl methyl sites for hydroxylation is 1. The number of hydrogen-bond acceptors (Lipinski definition) is 2.